The zero-order valence-electron chi connectivity index (χ0n) is 6.16. The maximum Gasteiger partial charge on any atom is 0.264 e. The van der Waals surface area contributed by atoms with E-state index in [1.165, 1.54) is 0 Å². The summed E-state index contributed by atoms with van der Waals surface area (Å²) >= 11 is 0. The summed E-state index contributed by atoms with van der Waals surface area (Å²) in [6.07, 6.45) is 1.01. The summed E-state index contributed by atoms with van der Waals surface area (Å²) in [5.41, 5.74) is 0. The van der Waals surface area contributed by atoms with E-state index in [0.717, 1.165) is 6.26 Å². The van der Waals surface area contributed by atoms with Crippen molar-refractivity contribution in [3.05, 3.63) is 0 Å². The molecule has 0 spiro atoms. The predicted molar refractivity (Wildman–Crippen MR) is 37.3 cm³/mol. The van der Waals surface area contributed by atoms with Crippen LogP contribution >= 0.6 is 0 Å². The van der Waals surface area contributed by atoms with Gasteiger partial charge in [-0.2, -0.15) is 8.42 Å². The van der Waals surface area contributed by atoms with E-state index in [0.29, 0.717) is 13.2 Å². The Morgan fingerprint density at radius 1 is 1.30 bits per heavy atom. The summed E-state index contributed by atoms with van der Waals surface area (Å²) in [6.45, 7) is 2.84. The molecular weight excluding hydrogens is 156 g/mol. The molecule has 0 rings (SSSR count). The van der Waals surface area contributed by atoms with Crippen molar-refractivity contribution in [3.8, 4) is 0 Å². The number of rotatable bonds is 5. The maximum atomic E-state index is 10.3. The first-order chi connectivity index (χ1) is 4.56. The van der Waals surface area contributed by atoms with Crippen molar-refractivity contribution in [3.63, 3.8) is 0 Å². The van der Waals surface area contributed by atoms with Gasteiger partial charge >= 0.3 is 0 Å². The molecule has 0 bridgehead atoms. The summed E-state index contributed by atoms with van der Waals surface area (Å²) in [5.74, 6) is 0. The van der Waals surface area contributed by atoms with E-state index in [2.05, 4.69) is 4.18 Å². The molecule has 0 N–H and O–H groups in total. The van der Waals surface area contributed by atoms with E-state index in [-0.39, 0.29) is 6.61 Å². The van der Waals surface area contributed by atoms with Crippen LogP contribution in [0.4, 0.5) is 0 Å². The third-order valence-corrected chi connectivity index (χ3v) is 1.32. The standard InChI is InChI=1S/C5H12O4S/c1-3-8-4-5-9-10(2,6)7/h3-5H2,1-2H3. The summed E-state index contributed by atoms with van der Waals surface area (Å²) in [6, 6.07) is 0. The van der Waals surface area contributed by atoms with Crippen LogP contribution in [0.25, 0.3) is 0 Å². The fourth-order valence-electron chi connectivity index (χ4n) is 0.389. The maximum absolute atomic E-state index is 10.3. The summed E-state index contributed by atoms with van der Waals surface area (Å²) < 4.78 is 29.9. The minimum Gasteiger partial charge on any atom is -0.379 e. The molecule has 0 fully saturated rings. The van der Waals surface area contributed by atoms with Crippen molar-refractivity contribution in [1.29, 1.82) is 0 Å². The van der Waals surface area contributed by atoms with Crippen molar-refractivity contribution < 1.29 is 17.3 Å². The van der Waals surface area contributed by atoms with Gasteiger partial charge in [-0.15, -0.1) is 0 Å². The van der Waals surface area contributed by atoms with Crippen LogP contribution in [0.5, 0.6) is 0 Å². The number of ether oxygens (including phenoxy) is 1. The van der Waals surface area contributed by atoms with Crippen molar-refractivity contribution in [2.24, 2.45) is 0 Å². The highest BCUT2D eigenvalue weighted by Crippen LogP contribution is 1.85. The van der Waals surface area contributed by atoms with Crippen LogP contribution in [0.2, 0.25) is 0 Å². The Kier molecular flexibility index (Phi) is 4.59. The molecule has 0 radical (unpaired) electrons. The van der Waals surface area contributed by atoms with Crippen LogP contribution in [0.1, 0.15) is 6.92 Å². The van der Waals surface area contributed by atoms with Crippen molar-refractivity contribution in [2.45, 2.75) is 6.92 Å². The Morgan fingerprint density at radius 2 is 1.90 bits per heavy atom. The van der Waals surface area contributed by atoms with Gasteiger partial charge in [-0.25, -0.2) is 0 Å². The zero-order valence-corrected chi connectivity index (χ0v) is 6.98. The van der Waals surface area contributed by atoms with Gasteiger partial charge in [-0.3, -0.25) is 4.18 Å². The quantitative estimate of drug-likeness (QED) is 0.428. The van der Waals surface area contributed by atoms with Gasteiger partial charge in [0.2, 0.25) is 0 Å². The van der Waals surface area contributed by atoms with Gasteiger partial charge in [0, 0.05) is 6.61 Å². The Morgan fingerprint density at radius 3 is 2.30 bits per heavy atom. The van der Waals surface area contributed by atoms with Gasteiger partial charge in [0.05, 0.1) is 19.5 Å². The smallest absolute Gasteiger partial charge is 0.264 e. The molecule has 0 aromatic carbocycles. The SMILES string of the molecule is CCOCCOS(C)(=O)=O. The fourth-order valence-corrected chi connectivity index (χ4v) is 0.759. The van der Waals surface area contributed by atoms with Gasteiger partial charge in [-0.1, -0.05) is 0 Å². The van der Waals surface area contributed by atoms with Gasteiger partial charge in [0.15, 0.2) is 0 Å². The molecule has 0 aliphatic heterocycles. The molecule has 0 aromatic heterocycles. The molecule has 0 saturated carbocycles. The molecule has 4 nitrogen and oxygen atoms in total. The lowest BCUT2D eigenvalue weighted by Gasteiger charge is -1.99. The molecule has 0 amide bonds. The van der Waals surface area contributed by atoms with Crippen LogP contribution < -0.4 is 0 Å². The van der Waals surface area contributed by atoms with E-state index in [9.17, 15) is 8.42 Å². The second-order valence-electron chi connectivity index (χ2n) is 1.72. The second-order valence-corrected chi connectivity index (χ2v) is 3.37. The first-order valence-corrected chi connectivity index (χ1v) is 4.80. The Balaban J connectivity index is 3.21. The molecule has 0 aliphatic carbocycles. The predicted octanol–water partition coefficient (Wildman–Crippen LogP) is -0.000900. The first kappa shape index (κ1) is 9.87. The number of hydrogen-bond donors (Lipinski definition) is 0. The van der Waals surface area contributed by atoms with Gasteiger partial charge in [-0.05, 0) is 6.92 Å². The third-order valence-electron chi connectivity index (χ3n) is 0.729. The average Bonchev–Trinajstić information content (AvgIpc) is 1.78. The third kappa shape index (κ3) is 7.87. The molecule has 10 heavy (non-hydrogen) atoms. The Bertz CT molecular complexity index is 160. The van der Waals surface area contributed by atoms with Crippen molar-refractivity contribution in [1.82, 2.24) is 0 Å². The lowest BCUT2D eigenvalue weighted by Crippen LogP contribution is -2.09. The molecule has 0 saturated heterocycles. The van der Waals surface area contributed by atoms with E-state index >= 15 is 0 Å². The minimum atomic E-state index is -3.28. The summed E-state index contributed by atoms with van der Waals surface area (Å²) in [4.78, 5) is 0. The highest BCUT2D eigenvalue weighted by Gasteiger charge is 1.98. The molecule has 0 aliphatic rings. The molecule has 62 valence electrons. The van der Waals surface area contributed by atoms with Crippen LogP contribution in [-0.2, 0) is 19.0 Å². The highest BCUT2D eigenvalue weighted by atomic mass is 32.2. The largest absolute Gasteiger partial charge is 0.379 e. The molecule has 5 heteroatoms. The monoisotopic (exact) mass is 168 g/mol. The first-order valence-electron chi connectivity index (χ1n) is 2.98. The topological polar surface area (TPSA) is 52.6 Å². The fraction of sp³-hybridized carbons (Fsp3) is 1.00. The van der Waals surface area contributed by atoms with Crippen LogP contribution in [0.3, 0.4) is 0 Å². The van der Waals surface area contributed by atoms with Gasteiger partial charge < -0.3 is 4.74 Å². The molecule has 0 unspecified atom stereocenters. The van der Waals surface area contributed by atoms with Gasteiger partial charge in [0.1, 0.15) is 0 Å². The Labute approximate surface area is 61.3 Å². The molecule has 0 aromatic rings. The molecule has 0 atom stereocenters. The van der Waals surface area contributed by atoms with E-state index in [1.54, 1.807) is 0 Å². The summed E-state index contributed by atoms with van der Waals surface area (Å²) in [7, 11) is -3.28. The Hall–Kier alpha value is -0.130. The average molecular weight is 168 g/mol. The summed E-state index contributed by atoms with van der Waals surface area (Å²) in [5, 5.41) is 0. The second kappa shape index (κ2) is 4.65. The van der Waals surface area contributed by atoms with E-state index in [4.69, 9.17) is 4.74 Å². The normalized spacial score (nSPS) is 11.8. The highest BCUT2D eigenvalue weighted by molar-refractivity contribution is 7.85. The zero-order chi connectivity index (χ0) is 8.04. The van der Waals surface area contributed by atoms with E-state index < -0.39 is 10.1 Å². The minimum absolute atomic E-state index is 0.104. The van der Waals surface area contributed by atoms with Crippen LogP contribution in [0.15, 0.2) is 0 Å². The van der Waals surface area contributed by atoms with Crippen LogP contribution in [-0.4, -0.2) is 34.5 Å². The van der Waals surface area contributed by atoms with E-state index in [1.807, 2.05) is 6.92 Å². The lowest BCUT2D eigenvalue weighted by atomic mass is 10.8. The van der Waals surface area contributed by atoms with Crippen LogP contribution in [0, 0.1) is 0 Å². The van der Waals surface area contributed by atoms with Gasteiger partial charge in [0.25, 0.3) is 10.1 Å². The molecule has 0 heterocycles. The van der Waals surface area contributed by atoms with Crippen molar-refractivity contribution >= 4 is 10.1 Å². The number of hydrogen-bond acceptors (Lipinski definition) is 4. The van der Waals surface area contributed by atoms with Crippen molar-refractivity contribution in [2.75, 3.05) is 26.1 Å². The molecular formula is C5H12O4S. The lowest BCUT2D eigenvalue weighted by molar-refractivity contribution is 0.112.